The maximum atomic E-state index is 12.0. The highest BCUT2D eigenvalue weighted by Gasteiger charge is 2.20. The van der Waals surface area contributed by atoms with E-state index < -0.39 is 0 Å². The number of nitrogens with two attached hydrogens (primary N) is 1. The van der Waals surface area contributed by atoms with Crippen LogP contribution < -0.4 is 5.73 Å². The third-order valence-corrected chi connectivity index (χ3v) is 3.70. The molecule has 1 atom stereocenters. The molecule has 1 amide bonds. The van der Waals surface area contributed by atoms with Gasteiger partial charge in [-0.2, -0.15) is 0 Å². The maximum absolute atomic E-state index is 12.0. The van der Waals surface area contributed by atoms with Crippen molar-refractivity contribution in [1.29, 1.82) is 0 Å². The van der Waals surface area contributed by atoms with Crippen molar-refractivity contribution >= 4 is 5.91 Å². The van der Waals surface area contributed by atoms with E-state index in [4.69, 9.17) is 5.73 Å². The lowest BCUT2D eigenvalue weighted by Gasteiger charge is -2.21. The number of hydrogen-bond donors (Lipinski definition) is 1. The van der Waals surface area contributed by atoms with Gasteiger partial charge in [0.15, 0.2) is 0 Å². The average molecular weight is 246 g/mol. The minimum atomic E-state index is 0.289. The molecule has 1 aliphatic heterocycles. The zero-order valence-corrected chi connectivity index (χ0v) is 11.1. The monoisotopic (exact) mass is 246 g/mol. The van der Waals surface area contributed by atoms with E-state index in [1.165, 1.54) is 5.56 Å². The molecule has 0 aromatic heterocycles. The second-order valence-electron chi connectivity index (χ2n) is 5.27. The molecule has 1 aromatic rings. The van der Waals surface area contributed by atoms with Crippen LogP contribution in [0, 0.1) is 5.92 Å². The Hall–Kier alpha value is -1.35. The number of likely N-dealkylation sites (tertiary alicyclic amines) is 1. The molecular formula is C15H22N2O. The molecular weight excluding hydrogens is 224 g/mol. The lowest BCUT2D eigenvalue weighted by molar-refractivity contribution is -0.131. The van der Waals surface area contributed by atoms with Crippen molar-refractivity contribution in [2.45, 2.75) is 39.3 Å². The molecule has 0 bridgehead atoms. The predicted octanol–water partition coefficient (Wildman–Crippen LogP) is 2.29. The van der Waals surface area contributed by atoms with Crippen LogP contribution in [-0.4, -0.2) is 17.4 Å². The normalized spacial score (nSPS) is 20.9. The Labute approximate surface area is 109 Å². The van der Waals surface area contributed by atoms with Gasteiger partial charge in [0.25, 0.3) is 0 Å². The molecule has 3 heteroatoms. The van der Waals surface area contributed by atoms with Crippen molar-refractivity contribution in [1.82, 2.24) is 4.90 Å². The van der Waals surface area contributed by atoms with E-state index in [2.05, 4.69) is 19.1 Å². The Morgan fingerprint density at radius 3 is 2.89 bits per heavy atom. The van der Waals surface area contributed by atoms with Crippen LogP contribution in [0.15, 0.2) is 24.3 Å². The highest BCUT2D eigenvalue weighted by Crippen LogP contribution is 2.19. The number of hydrogen-bond acceptors (Lipinski definition) is 2. The highest BCUT2D eigenvalue weighted by atomic mass is 16.2. The summed E-state index contributed by atoms with van der Waals surface area (Å²) >= 11 is 0. The van der Waals surface area contributed by atoms with Crippen molar-refractivity contribution in [2.75, 3.05) is 6.54 Å². The van der Waals surface area contributed by atoms with Crippen LogP contribution >= 0.6 is 0 Å². The first-order valence-corrected chi connectivity index (χ1v) is 6.74. The first-order valence-electron chi connectivity index (χ1n) is 6.74. The summed E-state index contributed by atoms with van der Waals surface area (Å²) in [5, 5.41) is 0. The Morgan fingerprint density at radius 1 is 1.33 bits per heavy atom. The van der Waals surface area contributed by atoms with Crippen LogP contribution in [0.4, 0.5) is 0 Å². The molecule has 1 aromatic carbocycles. The summed E-state index contributed by atoms with van der Waals surface area (Å²) in [6.45, 7) is 4.39. The summed E-state index contributed by atoms with van der Waals surface area (Å²) in [7, 11) is 0. The molecule has 0 radical (unpaired) electrons. The number of benzene rings is 1. The molecule has 0 aliphatic carbocycles. The minimum Gasteiger partial charge on any atom is -0.338 e. The summed E-state index contributed by atoms with van der Waals surface area (Å²) < 4.78 is 0. The third kappa shape index (κ3) is 3.33. The van der Waals surface area contributed by atoms with Crippen molar-refractivity contribution < 1.29 is 4.79 Å². The molecule has 1 aliphatic rings. The van der Waals surface area contributed by atoms with Gasteiger partial charge in [-0.05, 0) is 29.9 Å². The standard InChI is InChI=1S/C15H22N2O/c1-12-5-6-15(18)17(8-7-12)11-14-4-2-3-13(9-14)10-16/h2-4,9,12H,5-8,10-11,16H2,1H3. The van der Waals surface area contributed by atoms with Crippen molar-refractivity contribution in [3.8, 4) is 0 Å². The van der Waals surface area contributed by atoms with Gasteiger partial charge < -0.3 is 10.6 Å². The molecule has 98 valence electrons. The van der Waals surface area contributed by atoms with Gasteiger partial charge in [-0.1, -0.05) is 31.2 Å². The van der Waals surface area contributed by atoms with Crippen molar-refractivity contribution in [2.24, 2.45) is 11.7 Å². The first kappa shape index (κ1) is 13.1. The topological polar surface area (TPSA) is 46.3 Å². The second-order valence-corrected chi connectivity index (χ2v) is 5.27. The molecule has 1 fully saturated rings. The molecule has 1 saturated heterocycles. The fraction of sp³-hybridized carbons (Fsp3) is 0.533. The highest BCUT2D eigenvalue weighted by molar-refractivity contribution is 5.76. The van der Waals surface area contributed by atoms with Gasteiger partial charge in [-0.3, -0.25) is 4.79 Å². The second kappa shape index (κ2) is 6.01. The lowest BCUT2D eigenvalue weighted by Crippen LogP contribution is -2.29. The predicted molar refractivity (Wildman–Crippen MR) is 72.8 cm³/mol. The van der Waals surface area contributed by atoms with Crippen molar-refractivity contribution in [3.05, 3.63) is 35.4 Å². The number of carbonyl (C=O) groups excluding carboxylic acids is 1. The molecule has 1 heterocycles. The summed E-state index contributed by atoms with van der Waals surface area (Å²) in [5.41, 5.74) is 7.95. The van der Waals surface area contributed by atoms with E-state index in [-0.39, 0.29) is 5.91 Å². The fourth-order valence-corrected chi connectivity index (χ4v) is 2.42. The quantitative estimate of drug-likeness (QED) is 0.889. The van der Waals surface area contributed by atoms with Crippen LogP contribution in [0.25, 0.3) is 0 Å². The average Bonchev–Trinajstić information content (AvgIpc) is 2.54. The SMILES string of the molecule is CC1CCC(=O)N(Cc2cccc(CN)c2)CC1. The van der Waals surface area contributed by atoms with Gasteiger partial charge in [0.1, 0.15) is 0 Å². The Balaban J connectivity index is 2.04. The van der Waals surface area contributed by atoms with Crippen LogP contribution in [-0.2, 0) is 17.9 Å². The van der Waals surface area contributed by atoms with E-state index in [1.54, 1.807) is 0 Å². The molecule has 3 nitrogen and oxygen atoms in total. The van der Waals surface area contributed by atoms with Crippen LogP contribution in [0.2, 0.25) is 0 Å². The molecule has 2 N–H and O–H groups in total. The molecule has 2 rings (SSSR count). The fourth-order valence-electron chi connectivity index (χ4n) is 2.42. The van der Waals surface area contributed by atoms with Gasteiger partial charge in [-0.25, -0.2) is 0 Å². The van der Waals surface area contributed by atoms with E-state index >= 15 is 0 Å². The molecule has 1 unspecified atom stereocenters. The third-order valence-electron chi connectivity index (χ3n) is 3.70. The summed E-state index contributed by atoms with van der Waals surface area (Å²) in [4.78, 5) is 14.0. The Morgan fingerprint density at radius 2 is 2.11 bits per heavy atom. The molecule has 0 spiro atoms. The molecule has 0 saturated carbocycles. The van der Waals surface area contributed by atoms with Crippen LogP contribution in [0.5, 0.6) is 0 Å². The Kier molecular flexibility index (Phi) is 4.37. The summed E-state index contributed by atoms with van der Waals surface area (Å²) in [6.07, 6.45) is 2.83. The van der Waals surface area contributed by atoms with E-state index in [1.807, 2.05) is 17.0 Å². The van der Waals surface area contributed by atoms with Gasteiger partial charge >= 0.3 is 0 Å². The lowest BCUT2D eigenvalue weighted by atomic mass is 10.0. The van der Waals surface area contributed by atoms with Crippen molar-refractivity contribution in [3.63, 3.8) is 0 Å². The summed E-state index contributed by atoms with van der Waals surface area (Å²) in [5.74, 6) is 0.951. The van der Waals surface area contributed by atoms with E-state index in [0.29, 0.717) is 18.9 Å². The number of nitrogens with zero attached hydrogens (tertiary/aromatic N) is 1. The van der Waals surface area contributed by atoms with Gasteiger partial charge in [0.05, 0.1) is 0 Å². The molecule has 18 heavy (non-hydrogen) atoms. The van der Waals surface area contributed by atoms with Gasteiger partial charge in [0.2, 0.25) is 5.91 Å². The van der Waals surface area contributed by atoms with Crippen LogP contribution in [0.1, 0.15) is 37.3 Å². The maximum Gasteiger partial charge on any atom is 0.222 e. The number of amides is 1. The number of carbonyl (C=O) groups is 1. The van der Waals surface area contributed by atoms with Crippen LogP contribution in [0.3, 0.4) is 0 Å². The largest absolute Gasteiger partial charge is 0.338 e. The van der Waals surface area contributed by atoms with Gasteiger partial charge in [0, 0.05) is 26.1 Å². The smallest absolute Gasteiger partial charge is 0.222 e. The minimum absolute atomic E-state index is 0.289. The summed E-state index contributed by atoms with van der Waals surface area (Å²) in [6, 6.07) is 8.21. The van der Waals surface area contributed by atoms with E-state index in [9.17, 15) is 4.79 Å². The van der Waals surface area contributed by atoms with Gasteiger partial charge in [-0.15, -0.1) is 0 Å². The zero-order valence-electron chi connectivity index (χ0n) is 11.1. The zero-order chi connectivity index (χ0) is 13.0. The Bertz CT molecular complexity index is 417. The number of rotatable bonds is 3. The van der Waals surface area contributed by atoms with E-state index in [0.717, 1.165) is 31.5 Å². The first-order chi connectivity index (χ1) is 8.69.